The molecule has 1 aromatic heterocycles. The molecule has 1 amide bonds. The number of carbonyl (C=O) groups excluding carboxylic acids is 1. The quantitative estimate of drug-likeness (QED) is 0.336. The third-order valence-electron chi connectivity index (χ3n) is 4.43. The summed E-state index contributed by atoms with van der Waals surface area (Å²) >= 11 is 1.41. The number of aromatic nitrogens is 3. The van der Waals surface area contributed by atoms with Crippen LogP contribution in [-0.2, 0) is 21.2 Å². The molecule has 2 N–H and O–H groups in total. The number of hydrogen-bond acceptors (Lipinski definition) is 6. The summed E-state index contributed by atoms with van der Waals surface area (Å²) < 4.78 is 27.5. The van der Waals surface area contributed by atoms with Crippen molar-refractivity contribution < 1.29 is 13.2 Å². The van der Waals surface area contributed by atoms with Gasteiger partial charge in [-0.2, -0.15) is 4.31 Å². The molecule has 31 heavy (non-hydrogen) atoms. The Morgan fingerprint density at radius 1 is 1.10 bits per heavy atom. The number of nitrogens with one attached hydrogen (secondary N) is 2. The molecular formula is C21H25N5O3S2. The van der Waals surface area contributed by atoms with E-state index in [1.165, 1.54) is 28.2 Å². The number of nitrogens with zero attached hydrogens (tertiary/aromatic N) is 3. The van der Waals surface area contributed by atoms with Gasteiger partial charge in [0.2, 0.25) is 21.1 Å². The molecule has 8 nitrogen and oxygen atoms in total. The van der Waals surface area contributed by atoms with Gasteiger partial charge in [0.15, 0.2) is 0 Å². The first kappa shape index (κ1) is 23.0. The van der Waals surface area contributed by atoms with Gasteiger partial charge in [0, 0.05) is 18.8 Å². The van der Waals surface area contributed by atoms with Crippen molar-refractivity contribution in [2.45, 2.75) is 23.4 Å². The Morgan fingerprint density at radius 3 is 2.42 bits per heavy atom. The largest absolute Gasteiger partial charge is 0.354 e. The van der Waals surface area contributed by atoms with Crippen molar-refractivity contribution in [1.82, 2.24) is 24.8 Å². The van der Waals surface area contributed by atoms with Crippen molar-refractivity contribution in [1.29, 1.82) is 0 Å². The molecule has 10 heteroatoms. The lowest BCUT2D eigenvalue weighted by molar-refractivity contribution is -0.121. The average Bonchev–Trinajstić information content (AvgIpc) is 3.20. The van der Waals surface area contributed by atoms with E-state index in [0.29, 0.717) is 23.9 Å². The van der Waals surface area contributed by atoms with Crippen LogP contribution >= 0.6 is 11.8 Å². The Morgan fingerprint density at radius 2 is 1.77 bits per heavy atom. The van der Waals surface area contributed by atoms with Crippen LogP contribution in [0.2, 0.25) is 0 Å². The average molecular weight is 460 g/mol. The fourth-order valence-electron chi connectivity index (χ4n) is 2.86. The molecule has 0 fully saturated rings. The maximum absolute atomic E-state index is 13.1. The maximum Gasteiger partial charge on any atom is 0.243 e. The lowest BCUT2D eigenvalue weighted by atomic mass is 10.1. The number of H-pyrrole nitrogens is 1. The Balaban J connectivity index is 1.60. The summed E-state index contributed by atoms with van der Waals surface area (Å²) in [5, 5.41) is 10.2. The molecule has 0 radical (unpaired) electrons. The summed E-state index contributed by atoms with van der Waals surface area (Å²) in [6.07, 6.45) is 0.514. The Kier molecular flexibility index (Phi) is 8.21. The number of amides is 1. The molecule has 0 unspecified atom stereocenters. The van der Waals surface area contributed by atoms with Crippen LogP contribution in [0, 0.1) is 6.92 Å². The molecule has 0 aliphatic carbocycles. The number of sulfonamides is 1. The minimum absolute atomic E-state index is 0.173. The normalized spacial score (nSPS) is 11.5. The number of aromatic amines is 1. The molecule has 0 saturated carbocycles. The van der Waals surface area contributed by atoms with Crippen LogP contribution < -0.4 is 5.32 Å². The molecule has 1 heterocycles. The van der Waals surface area contributed by atoms with E-state index < -0.39 is 10.0 Å². The molecule has 0 spiro atoms. The van der Waals surface area contributed by atoms with Gasteiger partial charge in [0.1, 0.15) is 5.82 Å². The number of carbonyl (C=O) groups is 1. The van der Waals surface area contributed by atoms with Crippen LogP contribution in [-0.4, -0.2) is 59.2 Å². The zero-order valence-electron chi connectivity index (χ0n) is 17.2. The summed E-state index contributed by atoms with van der Waals surface area (Å²) in [6, 6.07) is 17.8. The van der Waals surface area contributed by atoms with Gasteiger partial charge in [-0.1, -0.05) is 60.3 Å². The molecule has 164 valence electrons. The summed E-state index contributed by atoms with van der Waals surface area (Å²) in [7, 11) is -3.79. The molecular weight excluding hydrogens is 434 g/mol. The molecule has 0 aliphatic heterocycles. The fraction of sp³-hybridized carbons (Fsp3) is 0.286. The van der Waals surface area contributed by atoms with E-state index in [9.17, 15) is 13.2 Å². The standard InChI is InChI=1S/C21H25N5O3S2/c1-17-23-21(25-24-17)30-15-13-22-20(27)16-26(14-12-18-8-4-2-5-9-18)31(28,29)19-10-6-3-7-11-19/h2-11H,12-16H2,1H3,(H,22,27)(H,23,24,25). The molecule has 3 rings (SSSR count). The summed E-state index contributed by atoms with van der Waals surface area (Å²) in [5.74, 6) is 0.962. The van der Waals surface area contributed by atoms with Crippen molar-refractivity contribution in [3.05, 3.63) is 72.1 Å². The van der Waals surface area contributed by atoms with Gasteiger partial charge in [0.05, 0.1) is 11.4 Å². The van der Waals surface area contributed by atoms with E-state index in [4.69, 9.17) is 0 Å². The summed E-state index contributed by atoms with van der Waals surface area (Å²) in [5.41, 5.74) is 1.01. The van der Waals surface area contributed by atoms with E-state index in [-0.39, 0.29) is 23.9 Å². The van der Waals surface area contributed by atoms with Crippen LogP contribution in [0.3, 0.4) is 0 Å². The van der Waals surface area contributed by atoms with E-state index >= 15 is 0 Å². The number of rotatable bonds is 11. The first-order valence-electron chi connectivity index (χ1n) is 9.83. The summed E-state index contributed by atoms with van der Waals surface area (Å²) in [6.45, 7) is 2.17. The number of aryl methyl sites for hydroxylation is 1. The monoisotopic (exact) mass is 459 g/mol. The smallest absolute Gasteiger partial charge is 0.243 e. The first-order chi connectivity index (χ1) is 14.9. The molecule has 0 bridgehead atoms. The van der Waals surface area contributed by atoms with Gasteiger partial charge in [-0.3, -0.25) is 9.89 Å². The van der Waals surface area contributed by atoms with Gasteiger partial charge >= 0.3 is 0 Å². The number of hydrogen-bond donors (Lipinski definition) is 2. The van der Waals surface area contributed by atoms with E-state index in [2.05, 4.69) is 20.5 Å². The molecule has 0 atom stereocenters. The van der Waals surface area contributed by atoms with Crippen LogP contribution in [0.1, 0.15) is 11.4 Å². The molecule has 0 saturated heterocycles. The predicted octanol–water partition coefficient (Wildman–Crippen LogP) is 2.26. The van der Waals surface area contributed by atoms with E-state index in [0.717, 1.165) is 11.4 Å². The van der Waals surface area contributed by atoms with Crippen molar-refractivity contribution in [3.8, 4) is 0 Å². The second-order valence-electron chi connectivity index (χ2n) is 6.79. The lowest BCUT2D eigenvalue weighted by Gasteiger charge is -2.22. The summed E-state index contributed by atoms with van der Waals surface area (Å²) in [4.78, 5) is 16.9. The third kappa shape index (κ3) is 6.91. The fourth-order valence-corrected chi connectivity index (χ4v) is 4.98. The third-order valence-corrected chi connectivity index (χ3v) is 7.13. The van der Waals surface area contributed by atoms with Crippen LogP contribution in [0.25, 0.3) is 0 Å². The molecule has 3 aromatic rings. The van der Waals surface area contributed by atoms with Crippen molar-refractivity contribution >= 4 is 27.7 Å². The van der Waals surface area contributed by atoms with Crippen molar-refractivity contribution in [2.24, 2.45) is 0 Å². The Labute approximate surface area is 186 Å². The van der Waals surface area contributed by atoms with Gasteiger partial charge in [-0.05, 0) is 31.0 Å². The minimum atomic E-state index is -3.79. The van der Waals surface area contributed by atoms with Gasteiger partial charge in [0.25, 0.3) is 0 Å². The minimum Gasteiger partial charge on any atom is -0.354 e. The highest BCUT2D eigenvalue weighted by molar-refractivity contribution is 7.99. The van der Waals surface area contributed by atoms with Crippen LogP contribution in [0.5, 0.6) is 0 Å². The van der Waals surface area contributed by atoms with E-state index in [1.54, 1.807) is 18.2 Å². The molecule has 0 aliphatic rings. The highest BCUT2D eigenvalue weighted by Crippen LogP contribution is 2.16. The number of benzene rings is 2. The SMILES string of the molecule is Cc1nc(SCCNC(=O)CN(CCc2ccccc2)S(=O)(=O)c2ccccc2)n[nH]1. The van der Waals surface area contributed by atoms with E-state index in [1.807, 2.05) is 37.3 Å². The van der Waals surface area contributed by atoms with Crippen LogP contribution in [0.15, 0.2) is 70.7 Å². The second kappa shape index (κ2) is 11.1. The second-order valence-corrected chi connectivity index (χ2v) is 9.79. The Hall–Kier alpha value is -2.69. The maximum atomic E-state index is 13.1. The predicted molar refractivity (Wildman–Crippen MR) is 120 cm³/mol. The zero-order valence-corrected chi connectivity index (χ0v) is 18.8. The molecule has 2 aromatic carbocycles. The number of thioether (sulfide) groups is 1. The first-order valence-corrected chi connectivity index (χ1v) is 12.3. The highest BCUT2D eigenvalue weighted by Gasteiger charge is 2.26. The van der Waals surface area contributed by atoms with Crippen molar-refractivity contribution in [3.63, 3.8) is 0 Å². The van der Waals surface area contributed by atoms with Gasteiger partial charge in [-0.25, -0.2) is 13.4 Å². The van der Waals surface area contributed by atoms with Gasteiger partial charge in [-0.15, -0.1) is 5.10 Å². The zero-order chi connectivity index (χ0) is 22.1. The lowest BCUT2D eigenvalue weighted by Crippen LogP contribution is -2.42. The Bertz CT molecular complexity index is 1070. The highest BCUT2D eigenvalue weighted by atomic mass is 32.2. The van der Waals surface area contributed by atoms with Crippen LogP contribution in [0.4, 0.5) is 0 Å². The topological polar surface area (TPSA) is 108 Å². The van der Waals surface area contributed by atoms with Crippen molar-refractivity contribution in [2.75, 3.05) is 25.4 Å². The van der Waals surface area contributed by atoms with Gasteiger partial charge < -0.3 is 5.32 Å².